The maximum atomic E-state index is 12.8. The summed E-state index contributed by atoms with van der Waals surface area (Å²) in [6, 6.07) is 8.62. The molecule has 1 aromatic rings. The first-order valence-electron chi connectivity index (χ1n) is 8.34. The average molecular weight is 302 g/mol. The Labute approximate surface area is 132 Å². The van der Waals surface area contributed by atoms with Gasteiger partial charge in [0.2, 0.25) is 5.91 Å². The number of rotatable bonds is 3. The summed E-state index contributed by atoms with van der Waals surface area (Å²) in [5.74, 6) is -0.0274. The number of carbonyl (C=O) groups excluding carboxylic acids is 1. The van der Waals surface area contributed by atoms with Crippen molar-refractivity contribution >= 4 is 11.6 Å². The van der Waals surface area contributed by atoms with Crippen molar-refractivity contribution < 1.29 is 9.90 Å². The van der Waals surface area contributed by atoms with Crippen molar-refractivity contribution in [3.63, 3.8) is 0 Å². The molecule has 1 aliphatic heterocycles. The number of hydrogen-bond donors (Lipinski definition) is 1. The topological polar surface area (TPSA) is 43.8 Å². The summed E-state index contributed by atoms with van der Waals surface area (Å²) in [5.41, 5.74) is 2.38. The van der Waals surface area contributed by atoms with E-state index in [9.17, 15) is 9.90 Å². The Hall–Kier alpha value is -1.55. The number of carbonyl (C=O) groups is 1. The lowest BCUT2D eigenvalue weighted by molar-refractivity contribution is -0.139. The van der Waals surface area contributed by atoms with Crippen LogP contribution in [-0.2, 0) is 4.79 Å². The molecule has 3 atom stereocenters. The van der Waals surface area contributed by atoms with E-state index < -0.39 is 6.10 Å². The number of hydrogen-bond acceptors (Lipinski definition) is 3. The number of amides is 1. The minimum atomic E-state index is -0.443. The lowest BCUT2D eigenvalue weighted by Crippen LogP contribution is -2.38. The standard InChI is InChI=1S/C18H26N2O2/c1-19(2)14-7-3-6-13(12-14)16-9-5-11-20(16)18(22)15-8-4-10-17(15)21/h3,6-7,12,15-17,21H,4-5,8-11H2,1-2H3. The molecule has 3 rings (SSSR count). The van der Waals surface area contributed by atoms with Gasteiger partial charge >= 0.3 is 0 Å². The van der Waals surface area contributed by atoms with E-state index in [0.717, 1.165) is 44.3 Å². The average Bonchev–Trinajstić information content (AvgIpc) is 3.15. The fourth-order valence-corrected chi connectivity index (χ4v) is 3.83. The van der Waals surface area contributed by atoms with E-state index in [4.69, 9.17) is 0 Å². The highest BCUT2D eigenvalue weighted by Gasteiger charge is 2.39. The zero-order valence-electron chi connectivity index (χ0n) is 13.5. The van der Waals surface area contributed by atoms with Crippen LogP contribution in [0.5, 0.6) is 0 Å². The van der Waals surface area contributed by atoms with E-state index in [0.29, 0.717) is 0 Å². The number of aliphatic hydroxyl groups is 1. The third kappa shape index (κ3) is 2.84. The summed E-state index contributed by atoms with van der Waals surface area (Å²) >= 11 is 0. The number of likely N-dealkylation sites (tertiary alicyclic amines) is 1. The molecule has 2 aliphatic rings. The number of anilines is 1. The van der Waals surface area contributed by atoms with Gasteiger partial charge in [0.15, 0.2) is 0 Å². The van der Waals surface area contributed by atoms with Crippen LogP contribution in [-0.4, -0.2) is 42.7 Å². The first-order valence-corrected chi connectivity index (χ1v) is 8.34. The van der Waals surface area contributed by atoms with Crippen molar-refractivity contribution in [1.82, 2.24) is 4.90 Å². The molecule has 1 N–H and O–H groups in total. The van der Waals surface area contributed by atoms with Gasteiger partial charge in [-0.3, -0.25) is 4.79 Å². The number of aliphatic hydroxyl groups excluding tert-OH is 1. The maximum Gasteiger partial charge on any atom is 0.228 e. The van der Waals surface area contributed by atoms with Crippen molar-refractivity contribution in [2.75, 3.05) is 25.5 Å². The van der Waals surface area contributed by atoms with E-state index in [-0.39, 0.29) is 17.9 Å². The Morgan fingerprint density at radius 2 is 2.05 bits per heavy atom. The molecule has 1 aromatic carbocycles. The molecule has 1 amide bonds. The molecule has 0 bridgehead atoms. The van der Waals surface area contributed by atoms with Crippen LogP contribution >= 0.6 is 0 Å². The largest absolute Gasteiger partial charge is 0.392 e. The predicted octanol–water partition coefficient (Wildman–Crippen LogP) is 2.58. The first kappa shape index (κ1) is 15.3. The van der Waals surface area contributed by atoms with Crippen LogP contribution in [0.15, 0.2) is 24.3 Å². The molecule has 1 aliphatic carbocycles. The molecule has 4 nitrogen and oxygen atoms in total. The summed E-state index contributed by atoms with van der Waals surface area (Å²) < 4.78 is 0. The van der Waals surface area contributed by atoms with Crippen molar-refractivity contribution in [2.24, 2.45) is 5.92 Å². The third-order valence-electron chi connectivity index (χ3n) is 5.10. The fourth-order valence-electron chi connectivity index (χ4n) is 3.83. The van der Waals surface area contributed by atoms with Gasteiger partial charge in [-0.25, -0.2) is 0 Å². The lowest BCUT2D eigenvalue weighted by atomic mass is 10.00. The molecule has 0 spiro atoms. The van der Waals surface area contributed by atoms with E-state index in [1.54, 1.807) is 0 Å². The highest BCUT2D eigenvalue weighted by atomic mass is 16.3. The second-order valence-electron chi connectivity index (χ2n) is 6.78. The van der Waals surface area contributed by atoms with Gasteiger partial charge in [0.05, 0.1) is 18.1 Å². The molecule has 1 saturated carbocycles. The van der Waals surface area contributed by atoms with Gasteiger partial charge in [-0.15, -0.1) is 0 Å². The Morgan fingerprint density at radius 3 is 2.73 bits per heavy atom. The van der Waals surface area contributed by atoms with Crippen LogP contribution in [0.3, 0.4) is 0 Å². The van der Waals surface area contributed by atoms with E-state index >= 15 is 0 Å². The van der Waals surface area contributed by atoms with Gasteiger partial charge in [-0.2, -0.15) is 0 Å². The zero-order chi connectivity index (χ0) is 15.7. The Morgan fingerprint density at radius 1 is 1.23 bits per heavy atom. The van der Waals surface area contributed by atoms with Gasteiger partial charge in [-0.1, -0.05) is 12.1 Å². The monoisotopic (exact) mass is 302 g/mol. The van der Waals surface area contributed by atoms with Crippen molar-refractivity contribution in [3.05, 3.63) is 29.8 Å². The zero-order valence-corrected chi connectivity index (χ0v) is 13.5. The van der Waals surface area contributed by atoms with E-state index in [2.05, 4.69) is 29.2 Å². The van der Waals surface area contributed by atoms with Gasteiger partial charge < -0.3 is 14.9 Å². The van der Waals surface area contributed by atoms with E-state index in [1.807, 2.05) is 19.0 Å². The summed E-state index contributed by atoms with van der Waals surface area (Å²) in [7, 11) is 4.07. The fraction of sp³-hybridized carbons (Fsp3) is 0.611. The number of nitrogens with zero attached hydrogens (tertiary/aromatic N) is 2. The van der Waals surface area contributed by atoms with Crippen molar-refractivity contribution in [1.29, 1.82) is 0 Å². The summed E-state index contributed by atoms with van der Waals surface area (Å²) in [6.07, 6.45) is 4.19. The highest BCUT2D eigenvalue weighted by Crippen LogP contribution is 2.37. The second kappa shape index (κ2) is 6.29. The highest BCUT2D eigenvalue weighted by molar-refractivity contribution is 5.80. The van der Waals surface area contributed by atoms with Crippen molar-refractivity contribution in [3.8, 4) is 0 Å². The van der Waals surface area contributed by atoms with Gasteiger partial charge in [0, 0.05) is 26.3 Å². The molecule has 1 saturated heterocycles. The number of benzene rings is 1. The molecule has 3 unspecified atom stereocenters. The Bertz CT molecular complexity index is 544. The lowest BCUT2D eigenvalue weighted by Gasteiger charge is -2.29. The molecule has 0 aromatic heterocycles. The van der Waals surface area contributed by atoms with Crippen LogP contribution < -0.4 is 4.90 Å². The van der Waals surface area contributed by atoms with Crippen LogP contribution in [0.1, 0.15) is 43.7 Å². The molecule has 0 radical (unpaired) electrons. The van der Waals surface area contributed by atoms with Crippen LogP contribution in [0.4, 0.5) is 5.69 Å². The summed E-state index contributed by atoms with van der Waals surface area (Å²) in [6.45, 7) is 0.818. The molecule has 120 valence electrons. The Kier molecular flexibility index (Phi) is 4.39. The SMILES string of the molecule is CN(C)c1cccc(C2CCCN2C(=O)C2CCCC2O)c1. The molecule has 2 fully saturated rings. The minimum absolute atomic E-state index is 0.155. The summed E-state index contributed by atoms with van der Waals surface area (Å²) in [5, 5.41) is 10.0. The Balaban J connectivity index is 1.81. The molecule has 22 heavy (non-hydrogen) atoms. The van der Waals surface area contributed by atoms with Crippen LogP contribution in [0.25, 0.3) is 0 Å². The van der Waals surface area contributed by atoms with Crippen molar-refractivity contribution in [2.45, 2.75) is 44.2 Å². The van der Waals surface area contributed by atoms with Gasteiger partial charge in [0.1, 0.15) is 0 Å². The minimum Gasteiger partial charge on any atom is -0.392 e. The molecule has 1 heterocycles. The third-order valence-corrected chi connectivity index (χ3v) is 5.10. The van der Waals surface area contributed by atoms with Gasteiger partial charge in [-0.05, 0) is 49.8 Å². The molecular formula is C18H26N2O2. The molecule has 4 heteroatoms. The maximum absolute atomic E-state index is 12.8. The molecular weight excluding hydrogens is 276 g/mol. The second-order valence-corrected chi connectivity index (χ2v) is 6.78. The smallest absolute Gasteiger partial charge is 0.228 e. The van der Waals surface area contributed by atoms with E-state index in [1.165, 1.54) is 5.56 Å². The van der Waals surface area contributed by atoms with Crippen LogP contribution in [0, 0.1) is 5.92 Å². The predicted molar refractivity (Wildman–Crippen MR) is 87.8 cm³/mol. The van der Waals surface area contributed by atoms with Gasteiger partial charge in [0.25, 0.3) is 0 Å². The normalized spacial score (nSPS) is 28.1. The summed E-state index contributed by atoms with van der Waals surface area (Å²) in [4.78, 5) is 16.9. The quantitative estimate of drug-likeness (QED) is 0.933. The van der Waals surface area contributed by atoms with Crippen LogP contribution in [0.2, 0.25) is 0 Å². The first-order chi connectivity index (χ1) is 10.6.